The van der Waals surface area contributed by atoms with Crippen molar-refractivity contribution in [2.45, 2.75) is 13.0 Å². The number of nitrogens with zero attached hydrogens (tertiary/aromatic N) is 2. The summed E-state index contributed by atoms with van der Waals surface area (Å²) >= 11 is 1.42. The lowest BCUT2D eigenvalue weighted by atomic mass is 10.0. The molecule has 0 spiro atoms. The third-order valence-corrected chi connectivity index (χ3v) is 7.01. The van der Waals surface area contributed by atoms with Crippen molar-refractivity contribution in [3.05, 3.63) is 112 Å². The van der Waals surface area contributed by atoms with Gasteiger partial charge in [-0.25, -0.2) is 4.98 Å². The Labute approximate surface area is 213 Å². The maximum Gasteiger partial charge on any atom is 0.258 e. The van der Waals surface area contributed by atoms with Gasteiger partial charge in [-0.3, -0.25) is 14.9 Å². The number of carbonyl (C=O) groups excluding carboxylic acids is 2. The van der Waals surface area contributed by atoms with E-state index in [2.05, 4.69) is 10.3 Å². The van der Waals surface area contributed by atoms with Crippen LogP contribution in [-0.4, -0.2) is 35.4 Å². The minimum Gasteiger partial charge on any atom is -0.497 e. The molecule has 5 rings (SSSR count). The monoisotopic (exact) mass is 495 g/mol. The fourth-order valence-corrected chi connectivity index (χ4v) is 5.13. The van der Waals surface area contributed by atoms with Crippen molar-refractivity contribution < 1.29 is 14.3 Å². The first-order valence-electron chi connectivity index (χ1n) is 11.7. The van der Waals surface area contributed by atoms with Gasteiger partial charge < -0.3 is 9.64 Å². The van der Waals surface area contributed by atoms with Crippen LogP contribution in [0.4, 0.5) is 5.13 Å². The Balaban J connectivity index is 1.36. The van der Waals surface area contributed by atoms with E-state index in [0.29, 0.717) is 35.8 Å². The summed E-state index contributed by atoms with van der Waals surface area (Å²) in [6.45, 7) is 1.09. The van der Waals surface area contributed by atoms with E-state index < -0.39 is 0 Å². The Morgan fingerprint density at radius 1 is 0.944 bits per heavy atom. The van der Waals surface area contributed by atoms with Gasteiger partial charge in [-0.15, -0.1) is 0 Å². The highest BCUT2D eigenvalue weighted by Gasteiger charge is 2.25. The van der Waals surface area contributed by atoms with E-state index in [1.54, 1.807) is 7.11 Å². The highest BCUT2D eigenvalue weighted by atomic mass is 32.1. The van der Waals surface area contributed by atoms with Gasteiger partial charge in [0.1, 0.15) is 5.75 Å². The topological polar surface area (TPSA) is 71.5 Å². The number of anilines is 1. The van der Waals surface area contributed by atoms with Gasteiger partial charge in [0.25, 0.3) is 11.8 Å². The second kappa shape index (κ2) is 10.6. The van der Waals surface area contributed by atoms with Crippen molar-refractivity contribution in [3.8, 4) is 5.75 Å². The van der Waals surface area contributed by atoms with Gasteiger partial charge in [0.15, 0.2) is 5.13 Å². The number of carbonyl (C=O) groups is 2. The normalized spacial score (nSPS) is 13.1. The van der Waals surface area contributed by atoms with Crippen molar-refractivity contribution in [3.63, 3.8) is 0 Å². The fraction of sp³-hybridized carbons (Fsp3) is 0.138. The zero-order valence-corrected chi connectivity index (χ0v) is 20.6. The van der Waals surface area contributed by atoms with Crippen LogP contribution in [0.2, 0.25) is 0 Å². The number of ether oxygens (including phenoxy) is 1. The molecule has 4 aromatic rings. The van der Waals surface area contributed by atoms with Crippen LogP contribution in [-0.2, 0) is 17.8 Å². The summed E-state index contributed by atoms with van der Waals surface area (Å²) in [4.78, 5) is 33.8. The van der Waals surface area contributed by atoms with Crippen LogP contribution < -0.4 is 10.1 Å². The quantitative estimate of drug-likeness (QED) is 0.282. The zero-order chi connectivity index (χ0) is 24.9. The molecule has 36 heavy (non-hydrogen) atoms. The fourth-order valence-electron chi connectivity index (χ4n) is 4.11. The van der Waals surface area contributed by atoms with E-state index in [1.807, 2.05) is 95.9 Å². The number of aromatic nitrogens is 1. The molecule has 0 saturated heterocycles. The summed E-state index contributed by atoms with van der Waals surface area (Å²) in [6.07, 6.45) is 2.52. The molecule has 0 fully saturated rings. The molecule has 2 heterocycles. The Morgan fingerprint density at radius 2 is 1.61 bits per heavy atom. The Bertz CT molecular complexity index is 1400. The van der Waals surface area contributed by atoms with Crippen LogP contribution in [0, 0.1) is 0 Å². The van der Waals surface area contributed by atoms with Crippen LogP contribution in [0.1, 0.15) is 32.1 Å². The average molecular weight is 496 g/mol. The molecular formula is C29H25N3O3S. The summed E-state index contributed by atoms with van der Waals surface area (Å²) in [5, 5.41) is 3.53. The van der Waals surface area contributed by atoms with Crippen molar-refractivity contribution in [1.82, 2.24) is 9.88 Å². The van der Waals surface area contributed by atoms with E-state index in [0.717, 1.165) is 27.4 Å². The van der Waals surface area contributed by atoms with Gasteiger partial charge in [0.05, 0.1) is 19.3 Å². The number of thiazole rings is 1. The molecule has 1 aliphatic rings. The van der Waals surface area contributed by atoms with E-state index in [4.69, 9.17) is 4.74 Å². The van der Waals surface area contributed by atoms with E-state index in [-0.39, 0.29) is 11.8 Å². The Kier molecular flexibility index (Phi) is 6.91. The lowest BCUT2D eigenvalue weighted by Crippen LogP contribution is -2.35. The highest BCUT2D eigenvalue weighted by Crippen LogP contribution is 2.30. The minimum absolute atomic E-state index is 0.00836. The molecule has 0 aliphatic carbocycles. The summed E-state index contributed by atoms with van der Waals surface area (Å²) in [5.41, 5.74) is 3.85. The number of rotatable bonds is 6. The van der Waals surface area contributed by atoms with Crippen LogP contribution >= 0.6 is 11.3 Å². The predicted octanol–water partition coefficient (Wildman–Crippen LogP) is 5.53. The van der Waals surface area contributed by atoms with Gasteiger partial charge in [0.2, 0.25) is 0 Å². The van der Waals surface area contributed by atoms with Crippen LogP contribution in [0.25, 0.3) is 11.6 Å². The first-order valence-corrected chi connectivity index (χ1v) is 12.5. The van der Waals surface area contributed by atoms with Crippen LogP contribution in [0.5, 0.6) is 5.75 Å². The molecular weight excluding hydrogens is 470 g/mol. The van der Waals surface area contributed by atoms with Gasteiger partial charge in [-0.05, 0) is 41.5 Å². The molecule has 0 unspecified atom stereocenters. The molecule has 3 aromatic carbocycles. The minimum atomic E-state index is -0.236. The van der Waals surface area contributed by atoms with E-state index >= 15 is 0 Å². The summed E-state index contributed by atoms with van der Waals surface area (Å²) in [5.74, 6) is 0.528. The number of benzene rings is 3. The Hall–Kier alpha value is -4.23. The van der Waals surface area contributed by atoms with Crippen LogP contribution in [0.3, 0.4) is 0 Å². The number of methoxy groups -OCH3 is 1. The second-order valence-corrected chi connectivity index (χ2v) is 9.47. The lowest BCUT2D eigenvalue weighted by molar-refractivity contribution is -0.111. The van der Waals surface area contributed by atoms with Gasteiger partial charge >= 0.3 is 0 Å². The number of fused-ring (bicyclic) bond motifs is 1. The second-order valence-electron chi connectivity index (χ2n) is 8.38. The predicted molar refractivity (Wildman–Crippen MR) is 143 cm³/mol. The number of hydrogen-bond acceptors (Lipinski definition) is 5. The molecule has 1 aliphatic heterocycles. The summed E-state index contributed by atoms with van der Waals surface area (Å²) < 4.78 is 5.24. The van der Waals surface area contributed by atoms with Gasteiger partial charge in [-0.2, -0.15) is 0 Å². The van der Waals surface area contributed by atoms with E-state index in [9.17, 15) is 9.59 Å². The van der Waals surface area contributed by atoms with Crippen molar-refractivity contribution >= 4 is 39.9 Å². The first-order chi connectivity index (χ1) is 17.6. The van der Waals surface area contributed by atoms with Gasteiger partial charge in [-0.1, -0.05) is 72.0 Å². The number of hydrogen-bond donors (Lipinski definition) is 1. The van der Waals surface area contributed by atoms with E-state index in [1.165, 1.54) is 11.3 Å². The molecule has 6 nitrogen and oxygen atoms in total. The number of nitrogens with one attached hydrogen (secondary N) is 1. The van der Waals surface area contributed by atoms with Crippen LogP contribution in [0.15, 0.2) is 84.9 Å². The summed E-state index contributed by atoms with van der Waals surface area (Å²) in [6, 6.07) is 26.4. The lowest BCUT2D eigenvalue weighted by Gasteiger charge is -2.26. The molecule has 0 radical (unpaired) electrons. The standard InChI is InChI=1S/C29H25N3O3S/c1-35-23-14-12-20(13-15-23)18-24(21-8-4-2-5-9-21)27(33)31-29-30-25-16-17-32(19-26(25)36-29)28(34)22-10-6-3-7-11-22/h2-15,18H,16-17,19H2,1H3,(H,30,31,33)/b24-18+. The number of amides is 2. The highest BCUT2D eigenvalue weighted by molar-refractivity contribution is 7.16. The molecule has 1 N–H and O–H groups in total. The first kappa shape index (κ1) is 23.5. The summed E-state index contributed by atoms with van der Waals surface area (Å²) in [7, 11) is 1.62. The molecule has 0 saturated carbocycles. The Morgan fingerprint density at radius 3 is 2.28 bits per heavy atom. The molecule has 180 valence electrons. The maximum absolute atomic E-state index is 13.4. The largest absolute Gasteiger partial charge is 0.497 e. The molecule has 7 heteroatoms. The zero-order valence-electron chi connectivity index (χ0n) is 19.8. The molecule has 1 aromatic heterocycles. The SMILES string of the molecule is COc1ccc(/C=C(/C(=O)Nc2nc3c(s2)CN(C(=O)c2ccccc2)CC3)c2ccccc2)cc1. The maximum atomic E-state index is 13.4. The molecule has 0 bridgehead atoms. The average Bonchev–Trinajstić information content (AvgIpc) is 3.34. The molecule has 2 amide bonds. The third kappa shape index (κ3) is 5.21. The molecule has 0 atom stereocenters. The smallest absolute Gasteiger partial charge is 0.258 e. The van der Waals surface area contributed by atoms with Crippen molar-refractivity contribution in [2.75, 3.05) is 19.0 Å². The van der Waals surface area contributed by atoms with Gasteiger partial charge in [0, 0.05) is 29.0 Å². The third-order valence-electron chi connectivity index (χ3n) is 6.02. The van der Waals surface area contributed by atoms with Crippen molar-refractivity contribution in [2.24, 2.45) is 0 Å². The van der Waals surface area contributed by atoms with Crippen molar-refractivity contribution in [1.29, 1.82) is 0 Å².